The average molecular weight is 434 g/mol. The number of halogens is 4. The van der Waals surface area contributed by atoms with Crippen molar-refractivity contribution in [2.75, 3.05) is 13.2 Å². The summed E-state index contributed by atoms with van der Waals surface area (Å²) in [5.41, 5.74) is 0.754. The van der Waals surface area contributed by atoms with Crippen LogP contribution in [0.2, 0.25) is 5.02 Å². The molecule has 2 nitrogen and oxygen atoms in total. The topological polar surface area (TPSA) is 12.5 Å². The van der Waals surface area contributed by atoms with Gasteiger partial charge in [-0.3, -0.25) is 4.90 Å². The molecule has 0 bridgehead atoms. The number of benzene rings is 3. The van der Waals surface area contributed by atoms with Gasteiger partial charge in [-0.15, -0.1) is 0 Å². The summed E-state index contributed by atoms with van der Waals surface area (Å²) in [7, 11) is 0. The molecule has 0 N–H and O–H groups in total. The normalized spacial score (nSPS) is 11.6. The highest BCUT2D eigenvalue weighted by atomic mass is 35.5. The molecule has 3 rings (SSSR count). The highest BCUT2D eigenvalue weighted by Crippen LogP contribution is 2.36. The Kier molecular flexibility index (Phi) is 7.77. The molecule has 0 aliphatic carbocycles. The second-order valence-electron chi connectivity index (χ2n) is 6.99. The van der Waals surface area contributed by atoms with Crippen LogP contribution in [-0.4, -0.2) is 18.1 Å². The van der Waals surface area contributed by atoms with Gasteiger partial charge in [0.05, 0.1) is 17.2 Å². The third-order valence-corrected chi connectivity index (χ3v) is 5.10. The van der Waals surface area contributed by atoms with Crippen molar-refractivity contribution in [2.45, 2.75) is 25.7 Å². The third kappa shape index (κ3) is 6.51. The van der Waals surface area contributed by atoms with Crippen LogP contribution in [0.25, 0.3) is 0 Å². The number of hydrogen-bond acceptors (Lipinski definition) is 2. The van der Waals surface area contributed by atoms with Gasteiger partial charge in [-0.25, -0.2) is 0 Å². The molecule has 0 radical (unpaired) electrons. The summed E-state index contributed by atoms with van der Waals surface area (Å²) in [6.07, 6.45) is -3.74. The van der Waals surface area contributed by atoms with Crippen molar-refractivity contribution in [3.8, 4) is 5.75 Å². The van der Waals surface area contributed by atoms with Gasteiger partial charge in [-0.05, 0) is 35.7 Å². The second kappa shape index (κ2) is 10.5. The van der Waals surface area contributed by atoms with E-state index in [1.54, 1.807) is 6.07 Å². The fourth-order valence-corrected chi connectivity index (χ4v) is 3.51. The average Bonchev–Trinajstić information content (AvgIpc) is 2.73. The number of hydrogen-bond donors (Lipinski definition) is 0. The largest absolute Gasteiger partial charge is 0.494 e. The van der Waals surface area contributed by atoms with E-state index >= 15 is 0 Å². The molecule has 30 heavy (non-hydrogen) atoms. The first-order valence-electron chi connectivity index (χ1n) is 9.72. The number of nitrogens with zero attached hydrogens (tertiary/aromatic N) is 1. The van der Waals surface area contributed by atoms with Crippen molar-refractivity contribution in [2.24, 2.45) is 0 Å². The van der Waals surface area contributed by atoms with Crippen LogP contribution >= 0.6 is 11.6 Å². The molecule has 158 valence electrons. The zero-order chi connectivity index (χ0) is 21.4. The van der Waals surface area contributed by atoms with Crippen LogP contribution in [0.15, 0.2) is 78.9 Å². The Bertz CT molecular complexity index is 917. The van der Waals surface area contributed by atoms with Gasteiger partial charge in [-0.1, -0.05) is 72.3 Å². The maximum Gasteiger partial charge on any atom is 0.417 e. The Morgan fingerprint density at radius 1 is 0.800 bits per heavy atom. The molecule has 0 amide bonds. The highest BCUT2D eigenvalue weighted by Gasteiger charge is 2.33. The van der Waals surface area contributed by atoms with Gasteiger partial charge in [0.2, 0.25) is 0 Å². The predicted octanol–water partition coefficient (Wildman–Crippen LogP) is 6.83. The molecule has 3 aromatic carbocycles. The van der Waals surface area contributed by atoms with Crippen LogP contribution in [0.5, 0.6) is 5.75 Å². The Morgan fingerprint density at radius 3 is 2.13 bits per heavy atom. The first-order valence-corrected chi connectivity index (χ1v) is 10.1. The lowest BCUT2D eigenvalue weighted by Gasteiger charge is -2.24. The van der Waals surface area contributed by atoms with Gasteiger partial charge in [-0.2, -0.15) is 13.2 Å². The molecule has 0 spiro atoms. The Labute approximate surface area is 179 Å². The SMILES string of the molecule is FC(F)(F)c1cccc(CN(CCCOc2ccccc2)Cc2ccccc2)c1Cl. The smallest absolute Gasteiger partial charge is 0.417 e. The van der Waals surface area contributed by atoms with Gasteiger partial charge < -0.3 is 4.74 Å². The molecule has 0 saturated carbocycles. The van der Waals surface area contributed by atoms with Gasteiger partial charge in [0.15, 0.2) is 0 Å². The maximum atomic E-state index is 13.2. The first-order chi connectivity index (χ1) is 14.4. The molecule has 3 aromatic rings. The zero-order valence-corrected chi connectivity index (χ0v) is 17.2. The summed E-state index contributed by atoms with van der Waals surface area (Å²) in [5.74, 6) is 0.799. The van der Waals surface area contributed by atoms with Crippen molar-refractivity contribution < 1.29 is 17.9 Å². The van der Waals surface area contributed by atoms with Crippen LogP contribution in [0, 0.1) is 0 Å². The first kappa shape index (κ1) is 22.2. The molecule has 0 saturated heterocycles. The maximum absolute atomic E-state index is 13.2. The fraction of sp³-hybridized carbons (Fsp3) is 0.250. The summed E-state index contributed by atoms with van der Waals surface area (Å²) < 4.78 is 45.4. The van der Waals surface area contributed by atoms with Crippen LogP contribution in [0.4, 0.5) is 13.2 Å². The van der Waals surface area contributed by atoms with Crippen LogP contribution < -0.4 is 4.74 Å². The van der Waals surface area contributed by atoms with E-state index in [-0.39, 0.29) is 5.02 Å². The summed E-state index contributed by atoms with van der Waals surface area (Å²) in [6.45, 7) is 2.11. The minimum Gasteiger partial charge on any atom is -0.494 e. The Morgan fingerprint density at radius 2 is 1.47 bits per heavy atom. The van der Waals surface area contributed by atoms with E-state index in [0.717, 1.165) is 23.8 Å². The standard InChI is InChI=1S/C24H23ClF3NO/c25-23-20(11-7-14-22(23)24(26,27)28)18-29(17-19-9-3-1-4-10-19)15-8-16-30-21-12-5-2-6-13-21/h1-7,9-14H,8,15-18H2. The zero-order valence-electron chi connectivity index (χ0n) is 16.4. The van der Waals surface area contributed by atoms with Crippen molar-refractivity contribution in [3.05, 3.63) is 101 Å². The summed E-state index contributed by atoms with van der Waals surface area (Å²) in [5, 5.41) is -0.233. The lowest BCUT2D eigenvalue weighted by atomic mass is 10.1. The quantitative estimate of drug-likeness (QED) is 0.343. The number of rotatable bonds is 9. The summed E-state index contributed by atoms with van der Waals surface area (Å²) in [6, 6.07) is 23.4. The Hall–Kier alpha value is -2.50. The molecule has 0 aliphatic heterocycles. The molecule has 0 aliphatic rings. The Balaban J connectivity index is 1.68. The minimum absolute atomic E-state index is 0.233. The van der Waals surface area contributed by atoms with E-state index in [9.17, 15) is 13.2 Å². The molecule has 0 aromatic heterocycles. The van der Waals surface area contributed by atoms with Gasteiger partial charge in [0.1, 0.15) is 5.75 Å². The van der Waals surface area contributed by atoms with E-state index in [0.29, 0.717) is 31.8 Å². The lowest BCUT2D eigenvalue weighted by molar-refractivity contribution is -0.137. The van der Waals surface area contributed by atoms with Crippen LogP contribution in [0.1, 0.15) is 23.1 Å². The predicted molar refractivity (Wildman–Crippen MR) is 114 cm³/mol. The van der Waals surface area contributed by atoms with Gasteiger partial charge in [0.25, 0.3) is 0 Å². The monoisotopic (exact) mass is 433 g/mol. The van der Waals surface area contributed by atoms with Crippen molar-refractivity contribution >= 4 is 11.6 Å². The summed E-state index contributed by atoms with van der Waals surface area (Å²) >= 11 is 6.11. The van der Waals surface area contributed by atoms with Crippen LogP contribution in [-0.2, 0) is 19.3 Å². The second-order valence-corrected chi connectivity index (χ2v) is 7.37. The fourth-order valence-electron chi connectivity index (χ4n) is 3.21. The molecule has 6 heteroatoms. The number of ether oxygens (including phenoxy) is 1. The molecule has 0 atom stereocenters. The van der Waals surface area contributed by atoms with E-state index in [2.05, 4.69) is 4.90 Å². The van der Waals surface area contributed by atoms with E-state index < -0.39 is 11.7 Å². The van der Waals surface area contributed by atoms with E-state index in [1.807, 2.05) is 60.7 Å². The van der Waals surface area contributed by atoms with Gasteiger partial charge >= 0.3 is 6.18 Å². The van der Waals surface area contributed by atoms with E-state index in [1.165, 1.54) is 6.07 Å². The number of para-hydroxylation sites is 1. The molecular formula is C24H23ClF3NO. The molecule has 0 heterocycles. The van der Waals surface area contributed by atoms with Gasteiger partial charge in [0, 0.05) is 19.6 Å². The molecule has 0 unspecified atom stereocenters. The third-order valence-electron chi connectivity index (χ3n) is 4.66. The summed E-state index contributed by atoms with van der Waals surface area (Å²) in [4.78, 5) is 2.09. The van der Waals surface area contributed by atoms with E-state index in [4.69, 9.17) is 16.3 Å². The minimum atomic E-state index is -4.47. The lowest BCUT2D eigenvalue weighted by Crippen LogP contribution is -2.25. The van der Waals surface area contributed by atoms with Crippen LogP contribution in [0.3, 0.4) is 0 Å². The van der Waals surface area contributed by atoms with Crippen molar-refractivity contribution in [1.82, 2.24) is 4.90 Å². The highest BCUT2D eigenvalue weighted by molar-refractivity contribution is 6.32. The van der Waals surface area contributed by atoms with Crippen molar-refractivity contribution in [3.63, 3.8) is 0 Å². The number of alkyl halides is 3. The molecular weight excluding hydrogens is 411 g/mol. The van der Waals surface area contributed by atoms with Crippen molar-refractivity contribution in [1.29, 1.82) is 0 Å². The molecule has 0 fully saturated rings.